The Morgan fingerprint density at radius 3 is 2.85 bits per heavy atom. The number of rotatable bonds is 3. The Hall–Kier alpha value is -1.54. The fourth-order valence-corrected chi connectivity index (χ4v) is 7.82. The number of thiophene rings is 1. The van der Waals surface area contributed by atoms with Gasteiger partial charge in [-0.05, 0) is 52.6 Å². The summed E-state index contributed by atoms with van der Waals surface area (Å²) < 4.78 is 26.1. The second kappa shape index (κ2) is 5.99. The second-order valence-electron chi connectivity index (χ2n) is 7.01. The van der Waals surface area contributed by atoms with Gasteiger partial charge >= 0.3 is 0 Å². The van der Waals surface area contributed by atoms with E-state index < -0.39 is 9.84 Å². The van der Waals surface area contributed by atoms with Gasteiger partial charge in [0.1, 0.15) is 0 Å². The predicted molar refractivity (Wildman–Crippen MR) is 106 cm³/mol. The molecule has 2 aliphatic heterocycles. The molecule has 0 N–H and O–H groups in total. The monoisotopic (exact) mass is 402 g/mol. The van der Waals surface area contributed by atoms with Gasteiger partial charge in [-0.25, -0.2) is 13.4 Å². The third-order valence-electron chi connectivity index (χ3n) is 5.52. The smallest absolute Gasteiger partial charge is 0.183 e. The molecular weight excluding hydrogens is 384 g/mol. The van der Waals surface area contributed by atoms with Crippen LogP contribution in [-0.4, -0.2) is 36.6 Å². The summed E-state index contributed by atoms with van der Waals surface area (Å²) in [5.41, 5.74) is 6.18. The number of hydrogen-bond acceptors (Lipinski definition) is 6. The molecule has 2 aliphatic rings. The van der Waals surface area contributed by atoms with Crippen molar-refractivity contribution >= 4 is 32.5 Å². The number of benzene rings is 1. The molecule has 0 bridgehead atoms. The average Bonchev–Trinajstić information content (AvgIpc) is 3.38. The first kappa shape index (κ1) is 16.6. The van der Waals surface area contributed by atoms with Gasteiger partial charge in [-0.2, -0.15) is 11.3 Å². The summed E-state index contributed by atoms with van der Waals surface area (Å²) in [7, 11) is -3.24. The number of hydrogen-bond donors (Lipinski definition) is 0. The Morgan fingerprint density at radius 2 is 2.12 bits per heavy atom. The molecule has 3 aromatic rings. The molecule has 4 heterocycles. The minimum Gasteiger partial charge on any atom is -0.296 e. The van der Waals surface area contributed by atoms with Crippen LogP contribution in [0.25, 0.3) is 11.1 Å². The highest BCUT2D eigenvalue weighted by molar-refractivity contribution is 7.92. The lowest BCUT2D eigenvalue weighted by molar-refractivity contribution is 0.327. The normalized spacial score (nSPS) is 23.9. The van der Waals surface area contributed by atoms with E-state index in [4.69, 9.17) is 0 Å². The molecule has 1 fully saturated rings. The van der Waals surface area contributed by atoms with Crippen molar-refractivity contribution in [3.63, 3.8) is 0 Å². The summed E-state index contributed by atoms with van der Waals surface area (Å²) in [5.74, 6) is 0.0711. The predicted octanol–water partition coefficient (Wildman–Crippen LogP) is 3.94. The van der Waals surface area contributed by atoms with E-state index in [2.05, 4.69) is 32.8 Å². The molecule has 5 rings (SSSR count). The summed E-state index contributed by atoms with van der Waals surface area (Å²) in [5, 5.41) is 3.84. The average molecular weight is 403 g/mol. The molecule has 2 atom stereocenters. The molecule has 1 saturated heterocycles. The van der Waals surface area contributed by atoms with Gasteiger partial charge in [0.25, 0.3) is 0 Å². The Kier molecular flexibility index (Phi) is 3.83. The topological polar surface area (TPSA) is 50.3 Å². The number of aromatic nitrogens is 1. The Balaban J connectivity index is 1.50. The Morgan fingerprint density at radius 1 is 1.23 bits per heavy atom. The van der Waals surface area contributed by atoms with Gasteiger partial charge in [0.05, 0.1) is 21.3 Å². The molecule has 0 spiro atoms. The molecule has 0 aliphatic carbocycles. The highest BCUT2D eigenvalue weighted by atomic mass is 32.2. The maximum absolute atomic E-state index is 13.0. The van der Waals surface area contributed by atoms with E-state index in [0.717, 1.165) is 35.5 Å². The van der Waals surface area contributed by atoms with Crippen molar-refractivity contribution in [1.82, 2.24) is 9.88 Å². The maximum Gasteiger partial charge on any atom is 0.183 e. The summed E-state index contributed by atoms with van der Waals surface area (Å²) in [6.07, 6.45) is 0. The maximum atomic E-state index is 13.0. The summed E-state index contributed by atoms with van der Waals surface area (Å²) in [6, 6.07) is 7.94. The summed E-state index contributed by atoms with van der Waals surface area (Å²) in [6.45, 7) is 4.20. The SMILES string of the molecule is Cc1ncsc1CN1CC2c3cc(-c4ccsc4)ccc3S(=O)(=O)C2C1. The number of likely N-dealkylation sites (tertiary alicyclic amines) is 1. The molecule has 134 valence electrons. The van der Waals surface area contributed by atoms with E-state index in [9.17, 15) is 8.42 Å². The fourth-order valence-electron chi connectivity index (χ4n) is 4.14. The standard InChI is InChI=1S/C19H18N2O2S3/c1-12-17(25-11-20-12)8-21-7-16-15-6-13(14-4-5-24-10-14)2-3-18(15)26(22,23)19(16)9-21/h2-6,10-11,16,19H,7-9H2,1H3. The van der Waals surface area contributed by atoms with Gasteiger partial charge in [0.15, 0.2) is 9.84 Å². The summed E-state index contributed by atoms with van der Waals surface area (Å²) >= 11 is 3.31. The van der Waals surface area contributed by atoms with Crippen molar-refractivity contribution in [3.8, 4) is 11.1 Å². The van der Waals surface area contributed by atoms with Crippen molar-refractivity contribution in [2.24, 2.45) is 0 Å². The lowest BCUT2D eigenvalue weighted by atomic mass is 9.95. The van der Waals surface area contributed by atoms with Gasteiger partial charge in [0, 0.05) is 30.4 Å². The zero-order valence-electron chi connectivity index (χ0n) is 14.3. The van der Waals surface area contributed by atoms with E-state index in [0.29, 0.717) is 11.4 Å². The molecule has 4 nitrogen and oxygen atoms in total. The first-order valence-electron chi connectivity index (χ1n) is 8.56. The van der Waals surface area contributed by atoms with Crippen LogP contribution >= 0.6 is 22.7 Å². The van der Waals surface area contributed by atoms with Crippen molar-refractivity contribution in [2.75, 3.05) is 13.1 Å². The number of nitrogens with zero attached hydrogens (tertiary/aromatic N) is 2. The first-order chi connectivity index (χ1) is 12.5. The third kappa shape index (κ3) is 2.49. The van der Waals surface area contributed by atoms with Crippen molar-refractivity contribution in [1.29, 1.82) is 0 Å². The first-order valence-corrected chi connectivity index (χ1v) is 11.9. The molecule has 7 heteroatoms. The van der Waals surface area contributed by atoms with Crippen LogP contribution < -0.4 is 0 Å². The van der Waals surface area contributed by atoms with E-state index in [-0.39, 0.29) is 11.2 Å². The van der Waals surface area contributed by atoms with Crippen molar-refractivity contribution in [2.45, 2.75) is 29.5 Å². The van der Waals surface area contributed by atoms with Gasteiger partial charge in [-0.3, -0.25) is 4.90 Å². The number of sulfone groups is 1. The van der Waals surface area contributed by atoms with Crippen molar-refractivity contribution in [3.05, 3.63) is 56.7 Å². The highest BCUT2D eigenvalue weighted by Gasteiger charge is 2.50. The van der Waals surface area contributed by atoms with Crippen LogP contribution in [0, 0.1) is 6.92 Å². The second-order valence-corrected chi connectivity index (χ2v) is 10.9. The quantitative estimate of drug-likeness (QED) is 0.666. The minimum atomic E-state index is -3.24. The molecule has 26 heavy (non-hydrogen) atoms. The van der Waals surface area contributed by atoms with E-state index in [1.165, 1.54) is 4.88 Å². The van der Waals surface area contributed by atoms with Crippen LogP contribution in [0.4, 0.5) is 0 Å². The zero-order chi connectivity index (χ0) is 17.9. The van der Waals surface area contributed by atoms with Crippen LogP contribution in [-0.2, 0) is 16.4 Å². The molecule has 0 radical (unpaired) electrons. The molecular formula is C19H18N2O2S3. The number of fused-ring (bicyclic) bond motifs is 3. The lowest BCUT2D eigenvalue weighted by Crippen LogP contribution is -2.25. The van der Waals surface area contributed by atoms with Gasteiger partial charge < -0.3 is 0 Å². The number of thiazole rings is 1. The highest BCUT2D eigenvalue weighted by Crippen LogP contribution is 2.46. The largest absolute Gasteiger partial charge is 0.296 e. The zero-order valence-corrected chi connectivity index (χ0v) is 16.7. The third-order valence-corrected chi connectivity index (χ3v) is 9.39. The molecule has 1 aromatic carbocycles. The van der Waals surface area contributed by atoms with Crippen LogP contribution in [0.1, 0.15) is 22.1 Å². The van der Waals surface area contributed by atoms with Crippen molar-refractivity contribution < 1.29 is 8.42 Å². The molecule has 2 unspecified atom stereocenters. The lowest BCUT2D eigenvalue weighted by Gasteiger charge is -2.16. The van der Waals surface area contributed by atoms with Gasteiger partial charge in [-0.1, -0.05) is 6.07 Å². The van der Waals surface area contributed by atoms with E-state index in [1.54, 1.807) is 22.7 Å². The van der Waals surface area contributed by atoms with Gasteiger partial charge in [0.2, 0.25) is 0 Å². The molecule has 2 aromatic heterocycles. The Labute approximate surface area is 161 Å². The summed E-state index contributed by atoms with van der Waals surface area (Å²) in [4.78, 5) is 8.35. The number of aryl methyl sites for hydroxylation is 1. The van der Waals surface area contributed by atoms with E-state index >= 15 is 0 Å². The fraction of sp³-hybridized carbons (Fsp3) is 0.316. The van der Waals surface area contributed by atoms with Crippen LogP contribution in [0.5, 0.6) is 0 Å². The van der Waals surface area contributed by atoms with Crippen LogP contribution in [0.2, 0.25) is 0 Å². The minimum absolute atomic E-state index is 0.0711. The van der Waals surface area contributed by atoms with Crippen LogP contribution in [0.3, 0.4) is 0 Å². The van der Waals surface area contributed by atoms with E-state index in [1.807, 2.05) is 24.6 Å². The molecule has 0 amide bonds. The van der Waals surface area contributed by atoms with Gasteiger partial charge in [-0.15, -0.1) is 11.3 Å². The van der Waals surface area contributed by atoms with Crippen LogP contribution in [0.15, 0.2) is 45.4 Å². The Bertz CT molecular complexity index is 1070. The molecule has 0 saturated carbocycles.